The van der Waals surface area contributed by atoms with Crippen molar-refractivity contribution in [2.24, 2.45) is 0 Å². The highest BCUT2D eigenvalue weighted by Crippen LogP contribution is 2.50. The van der Waals surface area contributed by atoms with E-state index in [0.717, 1.165) is 0 Å². The molecule has 8 aromatic rings. The van der Waals surface area contributed by atoms with Gasteiger partial charge in [-0.3, -0.25) is 0 Å². The van der Waals surface area contributed by atoms with Gasteiger partial charge in [-0.25, -0.2) is 0 Å². The Morgan fingerprint density at radius 1 is 0.317 bits per heavy atom. The Morgan fingerprint density at radius 3 is 1.68 bits per heavy atom. The molecule has 0 bridgehead atoms. The molecule has 0 saturated carbocycles. The summed E-state index contributed by atoms with van der Waals surface area (Å²) in [5.74, 6) is 0. The van der Waals surface area contributed by atoms with E-state index in [1.165, 1.54) is 82.8 Å². The van der Waals surface area contributed by atoms with Gasteiger partial charge in [0.2, 0.25) is 0 Å². The fourth-order valence-electron chi connectivity index (χ4n) is 6.98. The van der Waals surface area contributed by atoms with Crippen LogP contribution in [0.4, 0.5) is 0 Å². The van der Waals surface area contributed by atoms with Crippen molar-refractivity contribution >= 4 is 32.6 Å². The zero-order chi connectivity index (χ0) is 26.9. The lowest BCUT2D eigenvalue weighted by Crippen LogP contribution is -1.98. The lowest BCUT2D eigenvalue weighted by molar-refractivity contribution is 1.18. The summed E-state index contributed by atoms with van der Waals surface area (Å²) in [4.78, 5) is 0. The van der Waals surface area contributed by atoms with Gasteiger partial charge in [-0.1, -0.05) is 127 Å². The summed E-state index contributed by atoms with van der Waals surface area (Å²) >= 11 is 0. The molecule has 0 saturated heterocycles. The van der Waals surface area contributed by atoms with Gasteiger partial charge in [0.05, 0.1) is 16.7 Å². The Hall–Kier alpha value is -5.40. The maximum absolute atomic E-state index is 2.50. The van der Waals surface area contributed by atoms with Crippen LogP contribution in [-0.2, 0) is 0 Å². The maximum atomic E-state index is 2.50. The van der Waals surface area contributed by atoms with E-state index < -0.39 is 0 Å². The number of nitrogens with zero attached hydrogens (tertiary/aromatic N) is 1. The third-order valence-electron chi connectivity index (χ3n) is 8.73. The molecule has 0 aliphatic heterocycles. The summed E-state index contributed by atoms with van der Waals surface area (Å²) in [5, 5.41) is 5.29. The van der Waals surface area contributed by atoms with E-state index in [9.17, 15) is 0 Å². The van der Waals surface area contributed by atoms with Gasteiger partial charge >= 0.3 is 0 Å². The number of rotatable bonds is 3. The van der Waals surface area contributed by atoms with Gasteiger partial charge in [0, 0.05) is 16.3 Å². The molecule has 1 heteroatoms. The molecule has 1 heterocycles. The standard InChI is InChI=1S/C40H25N/c1-3-11-26(12-4-1)29-22-23-35(34(25-29)27-13-5-2-6-14-27)41-36-20-10-19-33-31-17-8-7-16-30(31)32-18-9-15-28-21-24-37(41)40(38(28)32)39(33)36/h1-25H. The molecule has 190 valence electrons. The van der Waals surface area contributed by atoms with Crippen molar-refractivity contribution in [3.63, 3.8) is 0 Å². The van der Waals surface area contributed by atoms with Gasteiger partial charge < -0.3 is 4.57 Å². The van der Waals surface area contributed by atoms with Crippen molar-refractivity contribution in [3.05, 3.63) is 152 Å². The highest BCUT2D eigenvalue weighted by Gasteiger charge is 2.25. The summed E-state index contributed by atoms with van der Waals surface area (Å²) in [6.07, 6.45) is 0. The van der Waals surface area contributed by atoms with Crippen LogP contribution in [0.3, 0.4) is 0 Å². The summed E-state index contributed by atoms with van der Waals surface area (Å²) < 4.78 is 2.50. The molecule has 0 atom stereocenters. The summed E-state index contributed by atoms with van der Waals surface area (Å²) in [7, 11) is 0. The van der Waals surface area contributed by atoms with Gasteiger partial charge in [0.25, 0.3) is 0 Å². The van der Waals surface area contributed by atoms with E-state index >= 15 is 0 Å². The summed E-state index contributed by atoms with van der Waals surface area (Å²) in [5.41, 5.74) is 13.8. The second-order valence-corrected chi connectivity index (χ2v) is 10.9. The number of benzene rings is 7. The van der Waals surface area contributed by atoms with Gasteiger partial charge in [-0.15, -0.1) is 0 Å². The molecule has 41 heavy (non-hydrogen) atoms. The summed E-state index contributed by atoms with van der Waals surface area (Å²) in [6.45, 7) is 0. The van der Waals surface area contributed by atoms with Gasteiger partial charge in [0.1, 0.15) is 0 Å². The van der Waals surface area contributed by atoms with Crippen LogP contribution in [-0.4, -0.2) is 4.57 Å². The predicted octanol–water partition coefficient (Wildman–Crippen LogP) is 10.9. The Morgan fingerprint density at radius 2 is 0.927 bits per heavy atom. The first-order valence-corrected chi connectivity index (χ1v) is 14.2. The first-order chi connectivity index (χ1) is 20.4. The van der Waals surface area contributed by atoms with E-state index in [-0.39, 0.29) is 0 Å². The van der Waals surface area contributed by atoms with Gasteiger partial charge in [-0.2, -0.15) is 0 Å². The molecule has 9 rings (SSSR count). The molecule has 0 radical (unpaired) electrons. The smallest absolute Gasteiger partial charge is 0.0548 e. The van der Waals surface area contributed by atoms with Crippen LogP contribution in [0.1, 0.15) is 0 Å². The zero-order valence-corrected chi connectivity index (χ0v) is 22.4. The van der Waals surface area contributed by atoms with Crippen molar-refractivity contribution < 1.29 is 0 Å². The van der Waals surface area contributed by atoms with Crippen LogP contribution in [0, 0.1) is 0 Å². The number of hydrogen-bond donors (Lipinski definition) is 0. The number of aromatic nitrogens is 1. The fraction of sp³-hybridized carbons (Fsp3) is 0. The second-order valence-electron chi connectivity index (χ2n) is 10.9. The van der Waals surface area contributed by atoms with Gasteiger partial charge in [0.15, 0.2) is 0 Å². The highest BCUT2D eigenvalue weighted by atomic mass is 15.0. The van der Waals surface area contributed by atoms with Crippen LogP contribution in [0.15, 0.2) is 152 Å². The average molecular weight is 520 g/mol. The Labute approximate surface area is 238 Å². The monoisotopic (exact) mass is 519 g/mol. The lowest BCUT2D eigenvalue weighted by Gasteiger charge is -2.17. The van der Waals surface area contributed by atoms with Crippen molar-refractivity contribution in [1.82, 2.24) is 4.57 Å². The SMILES string of the molecule is c1ccc(-c2ccc(-n3c4cccc5c4c4c6c(cccc6ccc43)-c3ccccc3-5)c(-c3ccccc3)c2)cc1. The van der Waals surface area contributed by atoms with Crippen LogP contribution < -0.4 is 0 Å². The van der Waals surface area contributed by atoms with Crippen molar-refractivity contribution in [3.8, 4) is 50.2 Å². The fourth-order valence-corrected chi connectivity index (χ4v) is 6.98. The van der Waals surface area contributed by atoms with Crippen molar-refractivity contribution in [2.75, 3.05) is 0 Å². The van der Waals surface area contributed by atoms with Crippen LogP contribution in [0.5, 0.6) is 0 Å². The van der Waals surface area contributed by atoms with E-state index in [4.69, 9.17) is 0 Å². The van der Waals surface area contributed by atoms with Crippen molar-refractivity contribution in [1.29, 1.82) is 0 Å². The van der Waals surface area contributed by atoms with Gasteiger partial charge in [-0.05, 0) is 74.0 Å². The molecular weight excluding hydrogens is 494 g/mol. The highest BCUT2D eigenvalue weighted by molar-refractivity contribution is 6.30. The molecule has 0 unspecified atom stereocenters. The van der Waals surface area contributed by atoms with E-state index in [2.05, 4.69) is 156 Å². The van der Waals surface area contributed by atoms with E-state index in [1.807, 2.05) is 0 Å². The molecule has 0 N–H and O–H groups in total. The van der Waals surface area contributed by atoms with Crippen LogP contribution >= 0.6 is 0 Å². The topological polar surface area (TPSA) is 4.93 Å². The Bertz CT molecular complexity index is 2290. The number of hydrogen-bond acceptors (Lipinski definition) is 0. The van der Waals surface area contributed by atoms with Crippen molar-refractivity contribution in [2.45, 2.75) is 0 Å². The first-order valence-electron chi connectivity index (χ1n) is 14.2. The molecule has 0 amide bonds. The molecule has 1 aliphatic carbocycles. The molecule has 1 aliphatic rings. The van der Waals surface area contributed by atoms with E-state index in [0.29, 0.717) is 0 Å². The first kappa shape index (κ1) is 22.4. The average Bonchev–Trinajstić information content (AvgIpc) is 3.33. The zero-order valence-electron chi connectivity index (χ0n) is 22.4. The molecule has 0 spiro atoms. The maximum Gasteiger partial charge on any atom is 0.0548 e. The molecule has 7 aromatic carbocycles. The third kappa shape index (κ3) is 3.18. The molecule has 1 aromatic heterocycles. The third-order valence-corrected chi connectivity index (χ3v) is 8.73. The minimum absolute atomic E-state index is 1.19. The molecule has 1 nitrogen and oxygen atoms in total. The minimum Gasteiger partial charge on any atom is -0.309 e. The van der Waals surface area contributed by atoms with Crippen LogP contribution in [0.2, 0.25) is 0 Å². The normalized spacial score (nSPS) is 11.9. The predicted molar refractivity (Wildman–Crippen MR) is 174 cm³/mol. The molecular formula is C40H25N. The molecule has 0 fully saturated rings. The Kier molecular flexibility index (Phi) is 4.67. The second kappa shape index (κ2) is 8.55. The Balaban J connectivity index is 1.45. The van der Waals surface area contributed by atoms with E-state index in [1.54, 1.807) is 0 Å². The largest absolute Gasteiger partial charge is 0.309 e. The summed E-state index contributed by atoms with van der Waals surface area (Å²) in [6, 6.07) is 55.5. The lowest BCUT2D eigenvalue weighted by atomic mass is 9.93. The number of fused-ring (bicyclic) bond motifs is 3. The van der Waals surface area contributed by atoms with Crippen LogP contribution in [0.25, 0.3) is 82.8 Å². The minimum atomic E-state index is 1.19. The quantitative estimate of drug-likeness (QED) is 0.219.